The number of fused-ring (bicyclic) bond motifs is 1. The number of rotatable bonds is 7. The van der Waals surface area contributed by atoms with Crippen LogP contribution < -0.4 is 9.54 Å². The van der Waals surface area contributed by atoms with Crippen molar-refractivity contribution in [3.05, 3.63) is 58.9 Å². The van der Waals surface area contributed by atoms with Crippen LogP contribution in [0, 0.1) is 0 Å². The van der Waals surface area contributed by atoms with Crippen LogP contribution in [-0.2, 0) is 18.3 Å². The molecule has 0 aliphatic heterocycles. The van der Waals surface area contributed by atoms with Crippen LogP contribution in [0.15, 0.2) is 53.5 Å². The fraction of sp³-hybridized carbons (Fsp3) is 0.333. The van der Waals surface area contributed by atoms with Crippen molar-refractivity contribution in [2.45, 2.75) is 32.6 Å². The predicted octanol–water partition coefficient (Wildman–Crippen LogP) is 4.48. The number of unbranched alkanes of at least 4 members (excludes halogenated alkanes) is 1. The van der Waals surface area contributed by atoms with Gasteiger partial charge in [-0.1, -0.05) is 48.9 Å². The number of hydrogen-bond donors (Lipinski definition) is 0. The number of para-hydroxylation sites is 1. The van der Waals surface area contributed by atoms with Gasteiger partial charge in [-0.15, -0.1) is 0 Å². The average molecular weight is 369 g/mol. The lowest BCUT2D eigenvalue weighted by Crippen LogP contribution is -2.14. The molecule has 0 spiro atoms. The molecule has 0 atom stereocenters. The molecule has 0 aliphatic carbocycles. The summed E-state index contributed by atoms with van der Waals surface area (Å²) in [4.78, 5) is 17.2. The maximum absolute atomic E-state index is 12.2. The molecule has 0 saturated heterocycles. The number of benzene rings is 2. The lowest BCUT2D eigenvalue weighted by Gasteiger charge is -2.03. The third-order valence-electron chi connectivity index (χ3n) is 4.24. The first kappa shape index (κ1) is 18.4. The van der Waals surface area contributed by atoms with Crippen LogP contribution in [0.1, 0.15) is 31.7 Å². The number of aromatic nitrogens is 1. The molecule has 3 aromatic rings. The standard InChI is InChI=1S/C21H24N2O2S/c1-3-4-8-16-11-12-18-19(15-16)26-21(23(18)2)22-20(24)13-14-25-17-9-6-5-7-10-17/h5-7,9-12,15H,3-4,8,13-14H2,1-2H3. The van der Waals surface area contributed by atoms with E-state index in [1.807, 2.05) is 41.9 Å². The Balaban J connectivity index is 1.69. The van der Waals surface area contributed by atoms with E-state index >= 15 is 0 Å². The van der Waals surface area contributed by atoms with Crippen LogP contribution in [0.25, 0.3) is 10.2 Å². The Hall–Kier alpha value is -2.40. The van der Waals surface area contributed by atoms with E-state index in [1.165, 1.54) is 23.1 Å². The molecule has 5 heteroatoms. The predicted molar refractivity (Wildman–Crippen MR) is 107 cm³/mol. The van der Waals surface area contributed by atoms with E-state index in [-0.39, 0.29) is 12.3 Å². The molecule has 0 fully saturated rings. The highest BCUT2D eigenvalue weighted by Crippen LogP contribution is 2.19. The highest BCUT2D eigenvalue weighted by atomic mass is 32.1. The van der Waals surface area contributed by atoms with Crippen LogP contribution >= 0.6 is 11.3 Å². The second kappa shape index (κ2) is 8.81. The summed E-state index contributed by atoms with van der Waals surface area (Å²) in [5.41, 5.74) is 2.46. The lowest BCUT2D eigenvalue weighted by molar-refractivity contribution is -0.118. The second-order valence-electron chi connectivity index (χ2n) is 6.27. The van der Waals surface area contributed by atoms with Gasteiger partial charge in [0.05, 0.1) is 23.2 Å². The second-order valence-corrected chi connectivity index (χ2v) is 7.28. The number of ether oxygens (including phenoxy) is 1. The smallest absolute Gasteiger partial charge is 0.251 e. The molecule has 0 unspecified atom stereocenters. The zero-order valence-corrected chi connectivity index (χ0v) is 16.1. The Bertz CT molecular complexity index is 942. The first-order chi connectivity index (χ1) is 12.7. The highest BCUT2D eigenvalue weighted by Gasteiger charge is 2.06. The summed E-state index contributed by atoms with van der Waals surface area (Å²) in [5, 5.41) is 0. The van der Waals surface area contributed by atoms with Gasteiger partial charge in [0, 0.05) is 7.05 Å². The zero-order chi connectivity index (χ0) is 18.4. The molecule has 1 heterocycles. The Labute approximate surface area is 157 Å². The van der Waals surface area contributed by atoms with E-state index in [0.29, 0.717) is 6.61 Å². The zero-order valence-electron chi connectivity index (χ0n) is 15.3. The van der Waals surface area contributed by atoms with Crippen molar-refractivity contribution >= 4 is 27.5 Å². The summed E-state index contributed by atoms with van der Waals surface area (Å²) in [5.74, 6) is 0.613. The molecule has 3 rings (SSSR count). The third kappa shape index (κ3) is 4.61. The number of nitrogens with zero attached hydrogens (tertiary/aromatic N) is 2. The van der Waals surface area contributed by atoms with Gasteiger partial charge in [0.2, 0.25) is 0 Å². The number of hydrogen-bond acceptors (Lipinski definition) is 3. The molecule has 136 valence electrons. The molecular weight excluding hydrogens is 344 g/mol. The average Bonchev–Trinajstić information content (AvgIpc) is 2.96. The van der Waals surface area contributed by atoms with Gasteiger partial charge in [0.25, 0.3) is 5.91 Å². The Morgan fingerprint density at radius 3 is 2.77 bits per heavy atom. The molecule has 0 bridgehead atoms. The molecular formula is C21H24N2O2S. The summed E-state index contributed by atoms with van der Waals surface area (Å²) in [6.07, 6.45) is 3.75. The number of carbonyl (C=O) groups excluding carboxylic acids is 1. The maximum atomic E-state index is 12.2. The van der Waals surface area contributed by atoms with Gasteiger partial charge in [-0.25, -0.2) is 0 Å². The lowest BCUT2D eigenvalue weighted by atomic mass is 10.1. The summed E-state index contributed by atoms with van der Waals surface area (Å²) >= 11 is 1.56. The van der Waals surface area contributed by atoms with Crippen molar-refractivity contribution in [2.24, 2.45) is 12.0 Å². The van der Waals surface area contributed by atoms with Gasteiger partial charge in [0.15, 0.2) is 4.80 Å². The Morgan fingerprint density at radius 2 is 2.00 bits per heavy atom. The highest BCUT2D eigenvalue weighted by molar-refractivity contribution is 7.16. The molecule has 0 saturated carbocycles. The van der Waals surface area contributed by atoms with Crippen LogP contribution in [0.2, 0.25) is 0 Å². The largest absolute Gasteiger partial charge is 0.493 e. The van der Waals surface area contributed by atoms with E-state index in [1.54, 1.807) is 11.3 Å². The normalized spacial score (nSPS) is 11.8. The SMILES string of the molecule is CCCCc1ccc2c(c1)sc(=NC(=O)CCOc1ccccc1)n2C. The fourth-order valence-electron chi connectivity index (χ4n) is 2.76. The van der Waals surface area contributed by atoms with Gasteiger partial charge in [0.1, 0.15) is 5.75 Å². The van der Waals surface area contributed by atoms with Gasteiger partial charge >= 0.3 is 0 Å². The number of amides is 1. The van der Waals surface area contributed by atoms with Crippen LogP contribution in [0.5, 0.6) is 5.75 Å². The van der Waals surface area contributed by atoms with Crippen molar-refractivity contribution < 1.29 is 9.53 Å². The van der Waals surface area contributed by atoms with E-state index in [2.05, 4.69) is 30.1 Å². The molecule has 26 heavy (non-hydrogen) atoms. The minimum atomic E-state index is -0.158. The number of aryl methyl sites for hydroxylation is 2. The fourth-order valence-corrected chi connectivity index (χ4v) is 3.86. The van der Waals surface area contributed by atoms with Crippen LogP contribution in [0.4, 0.5) is 0 Å². The molecule has 0 N–H and O–H groups in total. The van der Waals surface area contributed by atoms with Crippen molar-refractivity contribution in [1.82, 2.24) is 4.57 Å². The molecule has 0 aliphatic rings. The van der Waals surface area contributed by atoms with Crippen molar-refractivity contribution in [2.75, 3.05) is 6.61 Å². The number of carbonyl (C=O) groups is 1. The first-order valence-corrected chi connectivity index (χ1v) is 9.83. The van der Waals surface area contributed by atoms with Gasteiger partial charge in [-0.05, 0) is 42.7 Å². The topological polar surface area (TPSA) is 43.6 Å². The molecule has 4 nitrogen and oxygen atoms in total. The van der Waals surface area contributed by atoms with Gasteiger partial charge < -0.3 is 9.30 Å². The summed E-state index contributed by atoms with van der Waals surface area (Å²) in [6, 6.07) is 16.0. The van der Waals surface area contributed by atoms with E-state index < -0.39 is 0 Å². The summed E-state index contributed by atoms with van der Waals surface area (Å²) in [6.45, 7) is 2.54. The van der Waals surface area contributed by atoms with Crippen molar-refractivity contribution in [3.63, 3.8) is 0 Å². The van der Waals surface area contributed by atoms with Crippen molar-refractivity contribution in [3.8, 4) is 5.75 Å². The Kier molecular flexibility index (Phi) is 6.23. The Morgan fingerprint density at radius 1 is 1.19 bits per heavy atom. The minimum Gasteiger partial charge on any atom is -0.493 e. The van der Waals surface area contributed by atoms with Crippen LogP contribution in [0.3, 0.4) is 0 Å². The molecule has 0 radical (unpaired) electrons. The maximum Gasteiger partial charge on any atom is 0.251 e. The van der Waals surface area contributed by atoms with Gasteiger partial charge in [-0.2, -0.15) is 4.99 Å². The minimum absolute atomic E-state index is 0.158. The van der Waals surface area contributed by atoms with Gasteiger partial charge in [-0.3, -0.25) is 4.79 Å². The summed E-state index contributed by atoms with van der Waals surface area (Å²) < 4.78 is 8.73. The first-order valence-electron chi connectivity index (χ1n) is 9.01. The van der Waals surface area contributed by atoms with E-state index in [0.717, 1.165) is 22.5 Å². The van der Waals surface area contributed by atoms with Crippen LogP contribution in [-0.4, -0.2) is 17.1 Å². The molecule has 1 amide bonds. The number of thiazole rings is 1. The molecule has 2 aromatic carbocycles. The third-order valence-corrected chi connectivity index (χ3v) is 5.34. The monoisotopic (exact) mass is 368 g/mol. The quantitative estimate of drug-likeness (QED) is 0.617. The van der Waals surface area contributed by atoms with Crippen molar-refractivity contribution in [1.29, 1.82) is 0 Å². The summed E-state index contributed by atoms with van der Waals surface area (Å²) in [7, 11) is 1.96. The van der Waals surface area contributed by atoms with E-state index in [9.17, 15) is 4.79 Å². The molecule has 1 aromatic heterocycles. The van der Waals surface area contributed by atoms with E-state index in [4.69, 9.17) is 4.74 Å².